The van der Waals surface area contributed by atoms with Crippen LogP contribution < -0.4 is 18.3 Å². The SMILES string of the molecule is Cc1ccc2c(n1)oc1c3cc(C)c(-c4ccnc[n+]4C)cc3oc21.Cc1ccc2c(n1)oc1c3ccc(C)c(-c4cccc[n+]4C)c3sc21.Cc1ccc2c(n1)oc1c3ccc(C)c(-c4ccnc[n+]4C)c3oc21.Cc1ccc2c(n1)oc1c3ccc(C)c(-c4cncc[n+]4C)c3oc21. The number of aryl methyl sites for hydroxylation is 12. The molecule has 0 saturated carbocycles. The van der Waals surface area contributed by atoms with Crippen LogP contribution in [0.3, 0.4) is 0 Å². The molecular weight excluding hydrogens is 1270 g/mol. The zero-order valence-corrected chi connectivity index (χ0v) is 57.7. The molecule has 20 rings (SSSR count). The van der Waals surface area contributed by atoms with Gasteiger partial charge in [-0.2, -0.15) is 4.57 Å². The van der Waals surface area contributed by atoms with Crippen LogP contribution in [0.1, 0.15) is 45.0 Å². The molecule has 488 valence electrons. The smallest absolute Gasteiger partial charge is 0.286 e. The summed E-state index contributed by atoms with van der Waals surface area (Å²) in [6.07, 6.45) is 14.8. The molecule has 0 unspecified atom stereocenters. The molecule has 4 aromatic carbocycles. The van der Waals surface area contributed by atoms with Gasteiger partial charge in [0.25, 0.3) is 12.7 Å². The van der Waals surface area contributed by atoms with Gasteiger partial charge in [-0.3, -0.25) is 4.98 Å². The molecule has 0 bridgehead atoms. The number of hydrogen-bond donors (Lipinski definition) is 0. The molecule has 16 aromatic heterocycles. The summed E-state index contributed by atoms with van der Waals surface area (Å²) in [7, 11) is 8.06. The Kier molecular flexibility index (Phi) is 14.5. The normalized spacial score (nSPS) is 11.8. The van der Waals surface area contributed by atoms with Gasteiger partial charge in [-0.05, 0) is 163 Å². The lowest BCUT2D eigenvalue weighted by Crippen LogP contribution is -2.31. The summed E-state index contributed by atoms with van der Waals surface area (Å²) < 4.78 is 53.6. The zero-order valence-electron chi connectivity index (χ0n) is 56.9. The number of benzene rings is 4. The number of hydrogen-bond acceptors (Lipinski definition) is 15. The van der Waals surface area contributed by atoms with Crippen molar-refractivity contribution < 1.29 is 49.2 Å². The largest absolute Gasteiger partial charge is 0.452 e. The third-order valence-corrected chi connectivity index (χ3v) is 20.0. The van der Waals surface area contributed by atoms with E-state index in [2.05, 4.69) is 147 Å². The number of aromatic nitrogens is 11. The molecule has 16 heterocycles. The van der Waals surface area contributed by atoms with Gasteiger partial charge < -0.3 is 30.9 Å². The Morgan fingerprint density at radius 3 is 1.31 bits per heavy atom. The second kappa shape index (κ2) is 23.7. The van der Waals surface area contributed by atoms with E-state index in [1.807, 2.05) is 136 Å². The summed E-state index contributed by atoms with van der Waals surface area (Å²) in [6.45, 7) is 16.3. The van der Waals surface area contributed by atoms with Crippen LogP contribution in [-0.2, 0) is 28.2 Å². The molecular formula is C81H65N11O7S+4. The predicted molar refractivity (Wildman–Crippen MR) is 388 cm³/mol. The number of furan rings is 7. The van der Waals surface area contributed by atoms with E-state index in [4.69, 9.17) is 30.9 Å². The van der Waals surface area contributed by atoms with Crippen LogP contribution in [0.2, 0.25) is 0 Å². The summed E-state index contributed by atoms with van der Waals surface area (Å²) in [5, 5.41) is 7.87. The minimum absolute atomic E-state index is 0.615. The van der Waals surface area contributed by atoms with Gasteiger partial charge in [0.05, 0.1) is 90.3 Å². The van der Waals surface area contributed by atoms with Crippen LogP contribution in [0, 0.1) is 55.4 Å². The lowest BCUT2D eigenvalue weighted by molar-refractivity contribution is -0.663. The number of fused-ring (bicyclic) bond motifs is 20. The minimum atomic E-state index is 0.615. The maximum Gasteiger partial charge on any atom is 0.286 e. The van der Waals surface area contributed by atoms with Gasteiger partial charge in [0.2, 0.25) is 34.2 Å². The molecule has 0 aliphatic carbocycles. The van der Waals surface area contributed by atoms with Crippen molar-refractivity contribution in [1.29, 1.82) is 0 Å². The maximum absolute atomic E-state index is 6.30. The van der Waals surface area contributed by atoms with E-state index >= 15 is 0 Å². The van der Waals surface area contributed by atoms with Gasteiger partial charge in [-0.15, -0.1) is 11.3 Å². The first kappa shape index (κ1) is 61.3. The third-order valence-electron chi connectivity index (χ3n) is 18.8. The zero-order chi connectivity index (χ0) is 68.5. The van der Waals surface area contributed by atoms with Crippen molar-refractivity contribution >= 4 is 143 Å². The van der Waals surface area contributed by atoms with Gasteiger partial charge >= 0.3 is 0 Å². The minimum Gasteiger partial charge on any atom is -0.452 e. The van der Waals surface area contributed by atoms with Crippen LogP contribution in [0.4, 0.5) is 0 Å². The fraction of sp³-hybridized carbons (Fsp3) is 0.148. The number of pyridine rings is 5. The van der Waals surface area contributed by atoms with Crippen molar-refractivity contribution in [2.24, 2.45) is 28.2 Å². The molecule has 0 spiro atoms. The second-order valence-electron chi connectivity index (χ2n) is 25.7. The molecule has 0 N–H and O–H groups in total. The topological polar surface area (TPSA) is 198 Å². The van der Waals surface area contributed by atoms with E-state index in [1.165, 1.54) is 31.6 Å². The van der Waals surface area contributed by atoms with E-state index in [-0.39, 0.29) is 0 Å². The molecule has 0 radical (unpaired) electrons. The van der Waals surface area contributed by atoms with Gasteiger partial charge in [0.1, 0.15) is 43.5 Å². The maximum atomic E-state index is 6.30. The van der Waals surface area contributed by atoms with Crippen LogP contribution in [0.5, 0.6) is 0 Å². The average molecular weight is 1340 g/mol. The Morgan fingerprint density at radius 2 is 0.760 bits per heavy atom. The summed E-state index contributed by atoms with van der Waals surface area (Å²) in [5.41, 5.74) is 27.8. The first-order chi connectivity index (χ1) is 48.5. The van der Waals surface area contributed by atoms with Crippen molar-refractivity contribution in [3.05, 3.63) is 222 Å². The first-order valence-corrected chi connectivity index (χ1v) is 33.6. The lowest BCUT2D eigenvalue weighted by Gasteiger charge is -2.06. The molecule has 18 nitrogen and oxygen atoms in total. The van der Waals surface area contributed by atoms with E-state index in [1.54, 1.807) is 42.6 Å². The Morgan fingerprint density at radius 1 is 0.310 bits per heavy atom. The van der Waals surface area contributed by atoms with Crippen LogP contribution >= 0.6 is 11.3 Å². The highest BCUT2D eigenvalue weighted by atomic mass is 32.1. The predicted octanol–water partition coefficient (Wildman–Crippen LogP) is 18.0. The highest BCUT2D eigenvalue weighted by molar-refractivity contribution is 7.27. The lowest BCUT2D eigenvalue weighted by atomic mass is 10.0. The molecule has 19 heteroatoms. The van der Waals surface area contributed by atoms with Crippen molar-refractivity contribution in [2.75, 3.05) is 0 Å². The summed E-state index contributed by atoms with van der Waals surface area (Å²) in [4.78, 5) is 30.5. The molecule has 0 amide bonds. The average Bonchev–Trinajstić information content (AvgIpc) is 1.60. The van der Waals surface area contributed by atoms with E-state index < -0.39 is 0 Å². The summed E-state index contributed by atoms with van der Waals surface area (Å²) >= 11 is 1.80. The first-order valence-electron chi connectivity index (χ1n) is 32.8. The standard InChI is InChI=1S/C21H17N2OS.3C20H16N3O2/c1-12-7-9-14-18-20(15-10-8-13(2)22-21(15)24-18)25-19(14)17(12)16-6-4-5-11-23(16)3;1-11-4-6-13-17(16(11)15-10-21-8-9-23(15)3)24-19-14-7-5-12(2)22-20(14)25-18(13)19;1-11-4-6-13-17(16(11)15-8-9-21-10-23(15)3)24-19-14-7-5-12(2)22-20(14)25-18(13)19;1-11-8-15-17(9-14(11)16-6-7-21-10-23(16)3)24-18-13-5-4-12(2)22-20(13)25-19(15)18/h4-11H,1-3H3;3*4-10H,1-3H3/q4*+1. The van der Waals surface area contributed by atoms with Crippen LogP contribution in [0.15, 0.2) is 208 Å². The highest BCUT2D eigenvalue weighted by Gasteiger charge is 2.28. The van der Waals surface area contributed by atoms with Gasteiger partial charge in [-0.25, -0.2) is 33.6 Å². The van der Waals surface area contributed by atoms with Gasteiger partial charge in [0, 0.05) is 58.0 Å². The Bertz CT molecular complexity index is 6260. The second-order valence-corrected chi connectivity index (χ2v) is 26.7. The molecule has 0 aliphatic rings. The van der Waals surface area contributed by atoms with Crippen molar-refractivity contribution in [3.8, 4) is 45.0 Å². The van der Waals surface area contributed by atoms with E-state index in [9.17, 15) is 0 Å². The Hall–Kier alpha value is -12.4. The molecule has 20 aromatic rings. The Balaban J connectivity index is 0.0000000997. The molecule has 0 fully saturated rings. The monoisotopic (exact) mass is 1340 g/mol. The Labute approximate surface area is 574 Å². The van der Waals surface area contributed by atoms with Crippen LogP contribution in [-0.4, -0.2) is 34.9 Å². The van der Waals surface area contributed by atoms with Crippen molar-refractivity contribution in [3.63, 3.8) is 0 Å². The third kappa shape index (κ3) is 10.1. The fourth-order valence-corrected chi connectivity index (χ4v) is 15.0. The number of nitrogens with zero attached hydrogens (tertiary/aromatic N) is 11. The van der Waals surface area contributed by atoms with Gasteiger partial charge in [0.15, 0.2) is 62.6 Å². The summed E-state index contributed by atoms with van der Waals surface area (Å²) in [6, 6.07) is 43.2. The van der Waals surface area contributed by atoms with Crippen molar-refractivity contribution in [1.82, 2.24) is 34.9 Å². The summed E-state index contributed by atoms with van der Waals surface area (Å²) in [5.74, 6) is 0. The molecule has 0 atom stereocenters. The number of thiophene rings is 1. The number of rotatable bonds is 4. The van der Waals surface area contributed by atoms with E-state index in [0.717, 1.165) is 172 Å². The molecule has 0 saturated heterocycles. The van der Waals surface area contributed by atoms with Crippen molar-refractivity contribution in [2.45, 2.75) is 55.4 Å². The quantitative estimate of drug-likeness (QED) is 0.151. The fourth-order valence-electron chi connectivity index (χ4n) is 13.7. The molecule has 0 aliphatic heterocycles. The van der Waals surface area contributed by atoms with E-state index in [0.29, 0.717) is 17.1 Å². The van der Waals surface area contributed by atoms with Gasteiger partial charge in [-0.1, -0.05) is 28.2 Å². The van der Waals surface area contributed by atoms with Crippen LogP contribution in [0.25, 0.3) is 176 Å². The molecule has 100 heavy (non-hydrogen) atoms. The highest BCUT2D eigenvalue weighted by Crippen LogP contribution is 2.47.